The number of aliphatic hydroxyl groups is 1. The molecule has 3 heteroatoms. The third-order valence-corrected chi connectivity index (χ3v) is 8.21. The van der Waals surface area contributed by atoms with Gasteiger partial charge in [-0.25, -0.2) is 0 Å². The Bertz CT molecular complexity index is 703. The van der Waals surface area contributed by atoms with Crippen LogP contribution >= 0.6 is 11.6 Å². The summed E-state index contributed by atoms with van der Waals surface area (Å²) in [5.74, 6) is 0.687. The standard InChI is InChI=1S/C21H27ClO2/c1-13(23)21(24)11-8-16-14-12-18(22)17-6-4-5-9-19(17,2)15(14)7-10-20(16,21)3/h4,6,12,15-16,24H,5,7-11H2,1-3H3/t15-,16-,19+,20-,21-/m0/s1. The third-order valence-electron chi connectivity index (χ3n) is 7.90. The van der Waals surface area contributed by atoms with Crippen LogP contribution in [0.4, 0.5) is 0 Å². The Kier molecular flexibility index (Phi) is 3.51. The van der Waals surface area contributed by atoms with Gasteiger partial charge in [0.05, 0.1) is 0 Å². The van der Waals surface area contributed by atoms with Gasteiger partial charge in [0.25, 0.3) is 0 Å². The fourth-order valence-corrected chi connectivity index (χ4v) is 6.73. The zero-order valence-corrected chi connectivity index (χ0v) is 15.6. The Balaban J connectivity index is 1.83. The molecule has 4 aliphatic carbocycles. The number of fused-ring (bicyclic) bond motifs is 5. The first-order valence-corrected chi connectivity index (χ1v) is 9.63. The van der Waals surface area contributed by atoms with Crippen LogP contribution in [0, 0.1) is 22.7 Å². The number of carbonyl (C=O) groups is 1. The van der Waals surface area contributed by atoms with E-state index in [0.717, 1.165) is 37.1 Å². The summed E-state index contributed by atoms with van der Waals surface area (Å²) in [6.45, 7) is 6.03. The van der Waals surface area contributed by atoms with Gasteiger partial charge in [-0.2, -0.15) is 0 Å². The monoisotopic (exact) mass is 346 g/mol. The second-order valence-electron chi connectivity index (χ2n) is 8.78. The van der Waals surface area contributed by atoms with Crippen LogP contribution in [0.15, 0.2) is 34.4 Å². The first-order valence-electron chi connectivity index (χ1n) is 9.26. The molecule has 0 saturated heterocycles. The zero-order valence-electron chi connectivity index (χ0n) is 14.9. The van der Waals surface area contributed by atoms with E-state index in [1.54, 1.807) is 6.92 Å². The molecule has 0 aromatic rings. The molecule has 0 aromatic heterocycles. The highest BCUT2D eigenvalue weighted by Gasteiger charge is 2.63. The molecule has 0 aliphatic heterocycles. The molecule has 0 amide bonds. The molecule has 2 nitrogen and oxygen atoms in total. The molecule has 0 radical (unpaired) electrons. The van der Waals surface area contributed by atoms with Crippen molar-refractivity contribution in [2.75, 3.05) is 0 Å². The fourth-order valence-electron chi connectivity index (χ4n) is 6.33. The van der Waals surface area contributed by atoms with E-state index in [9.17, 15) is 9.90 Å². The molecule has 0 bridgehead atoms. The molecule has 0 unspecified atom stereocenters. The van der Waals surface area contributed by atoms with E-state index in [1.165, 1.54) is 11.1 Å². The molecule has 4 aliphatic rings. The Hall–Kier alpha value is -0.860. The minimum atomic E-state index is -1.17. The summed E-state index contributed by atoms with van der Waals surface area (Å²) >= 11 is 6.69. The molecule has 4 rings (SSSR count). The Labute approximate surface area is 149 Å². The van der Waals surface area contributed by atoms with Crippen LogP contribution in [0.1, 0.15) is 59.3 Å². The van der Waals surface area contributed by atoms with Crippen molar-refractivity contribution < 1.29 is 9.90 Å². The number of ketones is 1. The van der Waals surface area contributed by atoms with Crippen molar-refractivity contribution in [1.82, 2.24) is 0 Å². The van der Waals surface area contributed by atoms with E-state index >= 15 is 0 Å². The maximum Gasteiger partial charge on any atom is 0.161 e. The van der Waals surface area contributed by atoms with Crippen molar-refractivity contribution in [1.29, 1.82) is 0 Å². The van der Waals surface area contributed by atoms with Gasteiger partial charge in [0, 0.05) is 15.9 Å². The van der Waals surface area contributed by atoms with Crippen LogP contribution < -0.4 is 0 Å². The third kappa shape index (κ3) is 1.85. The molecule has 130 valence electrons. The van der Waals surface area contributed by atoms with E-state index < -0.39 is 5.60 Å². The number of Topliss-reactive ketones (excluding diaryl/α,β-unsaturated/α-hetero) is 1. The van der Waals surface area contributed by atoms with Crippen molar-refractivity contribution in [3.8, 4) is 0 Å². The van der Waals surface area contributed by atoms with Crippen molar-refractivity contribution in [3.05, 3.63) is 34.4 Å². The fraction of sp³-hybridized carbons (Fsp3) is 0.667. The highest BCUT2D eigenvalue weighted by atomic mass is 35.5. The maximum absolute atomic E-state index is 12.2. The second kappa shape index (κ2) is 5.08. The average molecular weight is 347 g/mol. The van der Waals surface area contributed by atoms with Gasteiger partial charge in [0.15, 0.2) is 5.78 Å². The highest BCUT2D eigenvalue weighted by molar-refractivity contribution is 6.32. The summed E-state index contributed by atoms with van der Waals surface area (Å²) in [4.78, 5) is 12.2. The largest absolute Gasteiger partial charge is 0.381 e. The first kappa shape index (κ1) is 16.6. The van der Waals surface area contributed by atoms with Crippen molar-refractivity contribution in [2.45, 2.75) is 64.9 Å². The van der Waals surface area contributed by atoms with Crippen LogP contribution in [0.5, 0.6) is 0 Å². The van der Waals surface area contributed by atoms with Gasteiger partial charge in [-0.15, -0.1) is 0 Å². The topological polar surface area (TPSA) is 37.3 Å². The Morgan fingerprint density at radius 1 is 1.21 bits per heavy atom. The first-order chi connectivity index (χ1) is 11.2. The molecule has 0 heterocycles. The lowest BCUT2D eigenvalue weighted by Crippen LogP contribution is -2.54. The van der Waals surface area contributed by atoms with E-state index in [4.69, 9.17) is 11.6 Å². The Morgan fingerprint density at radius 2 is 1.92 bits per heavy atom. The predicted molar refractivity (Wildman–Crippen MR) is 96.6 cm³/mol. The van der Waals surface area contributed by atoms with E-state index in [1.807, 2.05) is 0 Å². The lowest BCUT2D eigenvalue weighted by Gasteiger charge is -2.54. The van der Waals surface area contributed by atoms with Crippen LogP contribution in [0.3, 0.4) is 0 Å². The zero-order chi connectivity index (χ0) is 17.3. The summed E-state index contributed by atoms with van der Waals surface area (Å²) in [5, 5.41) is 12.0. The van der Waals surface area contributed by atoms with Crippen molar-refractivity contribution in [2.24, 2.45) is 22.7 Å². The van der Waals surface area contributed by atoms with Gasteiger partial charge in [-0.05, 0) is 68.9 Å². The molecule has 0 aromatic carbocycles. The second-order valence-corrected chi connectivity index (χ2v) is 9.19. The molecule has 2 saturated carbocycles. The minimum Gasteiger partial charge on any atom is -0.381 e. The van der Waals surface area contributed by atoms with Gasteiger partial charge >= 0.3 is 0 Å². The lowest BCUT2D eigenvalue weighted by atomic mass is 9.50. The highest BCUT2D eigenvalue weighted by Crippen LogP contribution is 2.66. The van der Waals surface area contributed by atoms with E-state index in [-0.39, 0.29) is 22.5 Å². The molecule has 0 spiro atoms. The SMILES string of the molecule is CC(=O)[C@@]1(O)CC[C@H]2C3=CC(Cl)=C4C=CCC[C@]4(C)[C@H]3CC[C@@]21C. The average Bonchev–Trinajstić information content (AvgIpc) is 2.81. The van der Waals surface area contributed by atoms with Gasteiger partial charge in [-0.3, -0.25) is 4.79 Å². The van der Waals surface area contributed by atoms with Gasteiger partial charge < -0.3 is 5.11 Å². The molecular formula is C21H27ClO2. The normalized spacial score (nSPS) is 47.0. The molecular weight excluding hydrogens is 320 g/mol. The molecule has 1 N–H and O–H groups in total. The summed E-state index contributed by atoms with van der Waals surface area (Å²) in [6, 6.07) is 0. The quantitative estimate of drug-likeness (QED) is 0.731. The van der Waals surface area contributed by atoms with E-state index in [2.05, 4.69) is 32.1 Å². The van der Waals surface area contributed by atoms with Gasteiger partial charge in [0.2, 0.25) is 0 Å². The Morgan fingerprint density at radius 3 is 2.62 bits per heavy atom. The summed E-state index contributed by atoms with van der Waals surface area (Å²) in [6.07, 6.45) is 12.3. The summed E-state index contributed by atoms with van der Waals surface area (Å²) in [5.41, 5.74) is 1.26. The smallest absolute Gasteiger partial charge is 0.161 e. The summed E-state index contributed by atoms with van der Waals surface area (Å²) in [7, 11) is 0. The number of hydrogen-bond donors (Lipinski definition) is 1. The number of rotatable bonds is 1. The predicted octanol–water partition coefficient (Wildman–Crippen LogP) is 4.92. The molecule has 5 atom stereocenters. The number of carbonyl (C=O) groups excluding carboxylic acids is 1. The van der Waals surface area contributed by atoms with Crippen LogP contribution in [-0.2, 0) is 4.79 Å². The van der Waals surface area contributed by atoms with Gasteiger partial charge in [0.1, 0.15) is 5.60 Å². The van der Waals surface area contributed by atoms with Crippen LogP contribution in [0.2, 0.25) is 0 Å². The van der Waals surface area contributed by atoms with Crippen molar-refractivity contribution >= 4 is 17.4 Å². The van der Waals surface area contributed by atoms with Gasteiger partial charge in [-0.1, -0.05) is 43.2 Å². The van der Waals surface area contributed by atoms with E-state index in [0.29, 0.717) is 12.3 Å². The lowest BCUT2D eigenvalue weighted by molar-refractivity contribution is -0.150. The van der Waals surface area contributed by atoms with Crippen molar-refractivity contribution in [3.63, 3.8) is 0 Å². The summed E-state index contributed by atoms with van der Waals surface area (Å²) < 4.78 is 0. The van der Waals surface area contributed by atoms with Crippen LogP contribution in [0.25, 0.3) is 0 Å². The maximum atomic E-state index is 12.2. The van der Waals surface area contributed by atoms with Crippen LogP contribution in [-0.4, -0.2) is 16.5 Å². The number of halogens is 1. The minimum absolute atomic E-state index is 0.0727. The number of hydrogen-bond acceptors (Lipinski definition) is 2. The number of allylic oxidation sites excluding steroid dienone is 6. The molecule has 2 fully saturated rings. The molecule has 24 heavy (non-hydrogen) atoms.